The van der Waals surface area contributed by atoms with Gasteiger partial charge in [0.2, 0.25) is 0 Å². The van der Waals surface area contributed by atoms with Crippen LogP contribution in [0.15, 0.2) is 78.0 Å². The molecule has 6 nitrogen and oxygen atoms in total. The van der Waals surface area contributed by atoms with Gasteiger partial charge in [0.1, 0.15) is 0 Å². The van der Waals surface area contributed by atoms with E-state index in [9.17, 15) is 9.59 Å². The number of carbonyl (C=O) groups excluding carboxylic acids is 2. The van der Waals surface area contributed by atoms with Crippen LogP contribution < -0.4 is 10.9 Å². The van der Waals surface area contributed by atoms with E-state index < -0.39 is 11.8 Å². The third kappa shape index (κ3) is 4.64. The van der Waals surface area contributed by atoms with Crippen molar-refractivity contribution in [1.82, 2.24) is 20.8 Å². The van der Waals surface area contributed by atoms with Crippen molar-refractivity contribution in [3.63, 3.8) is 0 Å². The predicted molar refractivity (Wildman–Crippen MR) is 118 cm³/mol. The number of benzene rings is 3. The van der Waals surface area contributed by atoms with Gasteiger partial charge in [0.25, 0.3) is 11.8 Å². The van der Waals surface area contributed by atoms with Crippen LogP contribution in [0.4, 0.5) is 0 Å². The Bertz CT molecular complexity index is 1170. The monoisotopic (exact) mass is 436 g/mol. The van der Waals surface area contributed by atoms with Gasteiger partial charge in [-0.1, -0.05) is 59.8 Å². The number of para-hydroxylation sites is 2. The standard InChI is InChI=1S/C22H17ClN4O2S/c23-17-6-2-1-5-16(17)21(29)27-26-20(28)15-11-9-14(10-12-15)13-30-22-24-18-7-3-4-8-19(18)25-22/h1-12H,13H2,(H,24,25)(H,26,28)(H,27,29). The summed E-state index contributed by atoms with van der Waals surface area (Å²) < 4.78 is 0. The van der Waals surface area contributed by atoms with Crippen molar-refractivity contribution in [2.24, 2.45) is 0 Å². The number of amides is 2. The third-order valence-electron chi connectivity index (χ3n) is 4.37. The van der Waals surface area contributed by atoms with Crippen LogP contribution >= 0.6 is 23.4 Å². The molecule has 0 aliphatic rings. The first-order chi connectivity index (χ1) is 14.6. The van der Waals surface area contributed by atoms with E-state index in [4.69, 9.17) is 11.6 Å². The molecule has 150 valence electrons. The Hall–Kier alpha value is -3.29. The Labute approximate surface area is 182 Å². The lowest BCUT2D eigenvalue weighted by Gasteiger charge is -2.09. The molecule has 0 spiro atoms. The highest BCUT2D eigenvalue weighted by atomic mass is 35.5. The first-order valence-corrected chi connectivity index (χ1v) is 10.5. The van der Waals surface area contributed by atoms with Crippen LogP contribution in [0.3, 0.4) is 0 Å². The maximum Gasteiger partial charge on any atom is 0.271 e. The first kappa shape index (κ1) is 20.0. The molecule has 1 heterocycles. The average Bonchev–Trinajstić information content (AvgIpc) is 3.19. The molecule has 0 aliphatic carbocycles. The van der Waals surface area contributed by atoms with Crippen molar-refractivity contribution in [3.05, 3.63) is 94.5 Å². The quantitative estimate of drug-likeness (QED) is 0.315. The minimum atomic E-state index is -0.479. The lowest BCUT2D eigenvalue weighted by atomic mass is 10.1. The van der Waals surface area contributed by atoms with E-state index in [0.717, 1.165) is 21.8 Å². The van der Waals surface area contributed by atoms with Gasteiger partial charge in [-0.3, -0.25) is 20.4 Å². The molecule has 0 radical (unpaired) electrons. The zero-order valence-electron chi connectivity index (χ0n) is 15.7. The van der Waals surface area contributed by atoms with Crippen molar-refractivity contribution in [3.8, 4) is 0 Å². The van der Waals surface area contributed by atoms with Crippen molar-refractivity contribution in [2.45, 2.75) is 10.9 Å². The predicted octanol–water partition coefficient (Wildman–Crippen LogP) is 4.58. The number of nitrogens with zero attached hydrogens (tertiary/aromatic N) is 1. The van der Waals surface area contributed by atoms with Crippen LogP contribution in [0.5, 0.6) is 0 Å². The van der Waals surface area contributed by atoms with Crippen molar-refractivity contribution in [1.29, 1.82) is 0 Å². The molecule has 8 heteroatoms. The molecule has 0 bridgehead atoms. The van der Waals surface area contributed by atoms with Crippen LogP contribution in [-0.4, -0.2) is 21.8 Å². The molecule has 4 rings (SSSR count). The smallest absolute Gasteiger partial charge is 0.271 e. The summed E-state index contributed by atoms with van der Waals surface area (Å²) in [5.41, 5.74) is 8.49. The molecule has 30 heavy (non-hydrogen) atoms. The summed E-state index contributed by atoms with van der Waals surface area (Å²) >= 11 is 7.57. The van der Waals surface area contributed by atoms with E-state index in [0.29, 0.717) is 16.3 Å². The number of halogens is 1. The van der Waals surface area contributed by atoms with Gasteiger partial charge in [0.15, 0.2) is 5.16 Å². The minimum absolute atomic E-state index is 0.289. The number of nitrogens with one attached hydrogen (secondary N) is 3. The number of rotatable bonds is 5. The SMILES string of the molecule is O=C(NNC(=O)c1ccccc1Cl)c1ccc(CSc2nc3ccccc3[nH]2)cc1. The first-order valence-electron chi connectivity index (χ1n) is 9.12. The highest BCUT2D eigenvalue weighted by Crippen LogP contribution is 2.23. The Kier molecular flexibility index (Phi) is 6.02. The van der Waals surface area contributed by atoms with E-state index >= 15 is 0 Å². The van der Waals surface area contributed by atoms with Crippen LogP contribution in [0.1, 0.15) is 26.3 Å². The Morgan fingerprint density at radius 1 is 0.900 bits per heavy atom. The molecular formula is C22H17ClN4O2S. The molecule has 3 N–H and O–H groups in total. The van der Waals surface area contributed by atoms with Gasteiger partial charge in [0, 0.05) is 11.3 Å². The van der Waals surface area contributed by atoms with Crippen molar-refractivity contribution in [2.75, 3.05) is 0 Å². The van der Waals surface area contributed by atoms with Crippen molar-refractivity contribution >= 4 is 46.2 Å². The summed E-state index contributed by atoms with van der Waals surface area (Å²) in [6, 6.07) is 21.7. The molecule has 1 aromatic heterocycles. The minimum Gasteiger partial charge on any atom is -0.333 e. The zero-order valence-corrected chi connectivity index (χ0v) is 17.3. The normalized spacial score (nSPS) is 10.7. The number of hydrazine groups is 1. The van der Waals surface area contributed by atoms with Gasteiger partial charge in [0.05, 0.1) is 21.6 Å². The van der Waals surface area contributed by atoms with Crippen LogP contribution in [0.2, 0.25) is 5.02 Å². The number of carbonyl (C=O) groups is 2. The van der Waals surface area contributed by atoms with E-state index in [-0.39, 0.29) is 5.56 Å². The molecule has 0 atom stereocenters. The summed E-state index contributed by atoms with van der Waals surface area (Å²) in [4.78, 5) is 32.2. The van der Waals surface area contributed by atoms with Gasteiger partial charge in [-0.25, -0.2) is 4.98 Å². The average molecular weight is 437 g/mol. The molecule has 0 saturated carbocycles. The number of H-pyrrole nitrogens is 1. The highest BCUT2D eigenvalue weighted by Gasteiger charge is 2.12. The summed E-state index contributed by atoms with van der Waals surface area (Å²) in [7, 11) is 0. The van der Waals surface area contributed by atoms with E-state index in [2.05, 4.69) is 20.8 Å². The lowest BCUT2D eigenvalue weighted by Crippen LogP contribution is -2.41. The second kappa shape index (κ2) is 9.02. The number of hydrogen-bond acceptors (Lipinski definition) is 4. The van der Waals surface area contributed by atoms with Crippen LogP contribution in [-0.2, 0) is 5.75 Å². The second-order valence-electron chi connectivity index (χ2n) is 6.43. The largest absolute Gasteiger partial charge is 0.333 e. The molecule has 2 amide bonds. The van der Waals surface area contributed by atoms with Crippen molar-refractivity contribution < 1.29 is 9.59 Å². The number of aromatic nitrogens is 2. The van der Waals surface area contributed by atoms with Crippen LogP contribution in [0.25, 0.3) is 11.0 Å². The molecular weight excluding hydrogens is 420 g/mol. The number of hydrogen-bond donors (Lipinski definition) is 3. The summed E-state index contributed by atoms with van der Waals surface area (Å²) in [5.74, 6) is -0.176. The third-order valence-corrected chi connectivity index (χ3v) is 5.64. The van der Waals surface area contributed by atoms with E-state index in [1.165, 1.54) is 0 Å². The number of fused-ring (bicyclic) bond motifs is 1. The van der Waals surface area contributed by atoms with E-state index in [1.807, 2.05) is 36.4 Å². The molecule has 0 aliphatic heterocycles. The zero-order chi connectivity index (χ0) is 20.9. The van der Waals surface area contributed by atoms with Gasteiger partial charge in [-0.05, 0) is 42.0 Å². The Morgan fingerprint density at radius 2 is 1.60 bits per heavy atom. The van der Waals surface area contributed by atoms with Gasteiger partial charge in [-0.2, -0.15) is 0 Å². The summed E-state index contributed by atoms with van der Waals surface area (Å²) in [5, 5.41) is 1.16. The molecule has 0 fully saturated rings. The molecule has 4 aromatic rings. The Balaban J connectivity index is 1.32. The van der Waals surface area contributed by atoms with Crippen LogP contribution in [0, 0.1) is 0 Å². The fraction of sp³-hybridized carbons (Fsp3) is 0.0455. The summed E-state index contributed by atoms with van der Waals surface area (Å²) in [6.45, 7) is 0. The lowest BCUT2D eigenvalue weighted by molar-refractivity contribution is 0.0846. The van der Waals surface area contributed by atoms with E-state index in [1.54, 1.807) is 48.2 Å². The number of imidazole rings is 1. The molecule has 3 aromatic carbocycles. The molecule has 0 unspecified atom stereocenters. The summed E-state index contributed by atoms with van der Waals surface area (Å²) in [6.07, 6.45) is 0. The van der Waals surface area contributed by atoms with Gasteiger partial charge >= 0.3 is 0 Å². The number of thioether (sulfide) groups is 1. The Morgan fingerprint density at radius 3 is 2.37 bits per heavy atom. The highest BCUT2D eigenvalue weighted by molar-refractivity contribution is 7.98. The molecule has 0 saturated heterocycles. The van der Waals surface area contributed by atoms with Gasteiger partial charge < -0.3 is 4.98 Å². The maximum absolute atomic E-state index is 12.3. The van der Waals surface area contributed by atoms with Gasteiger partial charge in [-0.15, -0.1) is 0 Å². The maximum atomic E-state index is 12.3. The fourth-order valence-corrected chi connectivity index (χ4v) is 3.86. The topological polar surface area (TPSA) is 86.9 Å². The second-order valence-corrected chi connectivity index (χ2v) is 7.80. The number of aromatic amines is 1. The fourth-order valence-electron chi connectivity index (χ4n) is 2.80.